The summed E-state index contributed by atoms with van der Waals surface area (Å²) in [6.07, 6.45) is 4.40. The fraction of sp³-hybridized carbons (Fsp3) is 0.667. The lowest BCUT2D eigenvalue weighted by molar-refractivity contribution is -0.0951. The van der Waals surface area contributed by atoms with Gasteiger partial charge in [-0.05, 0) is 43.1 Å². The first-order valence-electron chi connectivity index (χ1n) is 8.58. The van der Waals surface area contributed by atoms with Crippen LogP contribution in [0.3, 0.4) is 0 Å². The van der Waals surface area contributed by atoms with E-state index in [1.165, 1.54) is 5.56 Å². The van der Waals surface area contributed by atoms with Crippen LogP contribution in [0.5, 0.6) is 0 Å². The number of ether oxygens (including phenoxy) is 1. The SMILES string of the molecule is OC1C[C@@H]2[C@@H](CC[C@@H](CCc3ccccc3)OP)[C@H](O)C[C@@H]2O1. The molecule has 4 nitrogen and oxygen atoms in total. The molecule has 1 saturated heterocycles. The third-order valence-electron chi connectivity index (χ3n) is 5.41. The maximum absolute atomic E-state index is 10.3. The minimum Gasteiger partial charge on any atom is -0.393 e. The number of aryl methyl sites for hydroxylation is 1. The average Bonchev–Trinajstić information content (AvgIpc) is 3.04. The van der Waals surface area contributed by atoms with Crippen molar-refractivity contribution < 1.29 is 19.5 Å². The first-order chi connectivity index (χ1) is 11.2. The third kappa shape index (κ3) is 4.32. The highest BCUT2D eigenvalue weighted by Crippen LogP contribution is 2.45. The second-order valence-corrected chi connectivity index (χ2v) is 7.13. The molecule has 7 atom stereocenters. The Labute approximate surface area is 140 Å². The Morgan fingerprint density at radius 1 is 1.17 bits per heavy atom. The van der Waals surface area contributed by atoms with Crippen LogP contribution in [-0.2, 0) is 15.7 Å². The monoisotopic (exact) mass is 338 g/mol. The molecule has 2 fully saturated rings. The number of hydrogen-bond donors (Lipinski definition) is 2. The van der Waals surface area contributed by atoms with Crippen molar-refractivity contribution in [3.63, 3.8) is 0 Å². The van der Waals surface area contributed by atoms with Crippen LogP contribution >= 0.6 is 9.47 Å². The van der Waals surface area contributed by atoms with Gasteiger partial charge in [0.15, 0.2) is 6.29 Å². The van der Waals surface area contributed by atoms with Crippen LogP contribution < -0.4 is 0 Å². The van der Waals surface area contributed by atoms with E-state index in [1.54, 1.807) is 0 Å². The highest BCUT2D eigenvalue weighted by molar-refractivity contribution is 7.09. The molecular formula is C18H27O4P. The summed E-state index contributed by atoms with van der Waals surface area (Å²) in [4.78, 5) is 0. The average molecular weight is 338 g/mol. The Balaban J connectivity index is 1.47. The Hall–Kier alpha value is -0.510. The summed E-state index contributed by atoms with van der Waals surface area (Å²) in [6.45, 7) is 0. The van der Waals surface area contributed by atoms with Crippen molar-refractivity contribution in [2.75, 3.05) is 0 Å². The Kier molecular flexibility index (Phi) is 6.06. The fourth-order valence-electron chi connectivity index (χ4n) is 4.16. The zero-order valence-electron chi connectivity index (χ0n) is 13.4. The summed E-state index contributed by atoms with van der Waals surface area (Å²) in [5, 5.41) is 19.9. The summed E-state index contributed by atoms with van der Waals surface area (Å²) in [5.74, 6) is 0.510. The van der Waals surface area contributed by atoms with Gasteiger partial charge in [0.25, 0.3) is 0 Å². The van der Waals surface area contributed by atoms with Gasteiger partial charge < -0.3 is 19.5 Å². The molecule has 0 radical (unpaired) electrons. The van der Waals surface area contributed by atoms with Crippen LogP contribution in [0.1, 0.15) is 37.7 Å². The molecule has 5 heteroatoms. The van der Waals surface area contributed by atoms with Crippen molar-refractivity contribution >= 4 is 9.47 Å². The van der Waals surface area contributed by atoms with E-state index < -0.39 is 6.29 Å². The molecule has 0 amide bonds. The molecule has 0 spiro atoms. The molecule has 1 aliphatic heterocycles. The van der Waals surface area contributed by atoms with Gasteiger partial charge in [-0.15, -0.1) is 0 Å². The van der Waals surface area contributed by atoms with E-state index >= 15 is 0 Å². The second kappa shape index (κ2) is 8.04. The van der Waals surface area contributed by atoms with Crippen molar-refractivity contribution in [2.45, 2.75) is 63.1 Å². The van der Waals surface area contributed by atoms with Crippen LogP contribution in [0, 0.1) is 11.8 Å². The molecule has 0 bridgehead atoms. The molecule has 128 valence electrons. The Bertz CT molecular complexity index is 483. The molecule has 2 unspecified atom stereocenters. The fourth-order valence-corrected chi connectivity index (χ4v) is 4.43. The lowest BCUT2D eigenvalue weighted by Gasteiger charge is -2.23. The van der Waals surface area contributed by atoms with E-state index in [0.29, 0.717) is 18.8 Å². The molecule has 2 N–H and O–H groups in total. The molecule has 2 aliphatic rings. The van der Waals surface area contributed by atoms with Crippen LogP contribution in [-0.4, -0.2) is 34.8 Å². The van der Waals surface area contributed by atoms with Gasteiger partial charge >= 0.3 is 0 Å². The Morgan fingerprint density at radius 2 is 1.96 bits per heavy atom. The normalized spacial score (nSPS) is 34.5. The number of hydrogen-bond acceptors (Lipinski definition) is 4. The van der Waals surface area contributed by atoms with Gasteiger partial charge in [-0.3, -0.25) is 0 Å². The van der Waals surface area contributed by atoms with Crippen LogP contribution in [0.25, 0.3) is 0 Å². The summed E-state index contributed by atoms with van der Waals surface area (Å²) >= 11 is 0. The summed E-state index contributed by atoms with van der Waals surface area (Å²) in [5.41, 5.74) is 1.33. The predicted octanol–water partition coefficient (Wildman–Crippen LogP) is 2.68. The minimum absolute atomic E-state index is 0.0321. The van der Waals surface area contributed by atoms with Gasteiger partial charge in [0.05, 0.1) is 18.3 Å². The van der Waals surface area contributed by atoms with Crippen molar-refractivity contribution in [2.24, 2.45) is 11.8 Å². The van der Waals surface area contributed by atoms with E-state index in [4.69, 9.17) is 9.26 Å². The van der Waals surface area contributed by atoms with Crippen molar-refractivity contribution in [1.82, 2.24) is 0 Å². The van der Waals surface area contributed by atoms with E-state index in [1.807, 2.05) is 6.07 Å². The predicted molar refractivity (Wildman–Crippen MR) is 91.7 cm³/mol. The van der Waals surface area contributed by atoms with Crippen LogP contribution in [0.15, 0.2) is 30.3 Å². The van der Waals surface area contributed by atoms with Crippen molar-refractivity contribution in [3.05, 3.63) is 35.9 Å². The topological polar surface area (TPSA) is 58.9 Å². The number of aliphatic hydroxyl groups is 2. The molecule has 0 aromatic heterocycles. The molecule has 1 aliphatic carbocycles. The van der Waals surface area contributed by atoms with Gasteiger partial charge in [-0.1, -0.05) is 30.3 Å². The first kappa shape index (κ1) is 17.3. The zero-order valence-corrected chi connectivity index (χ0v) is 14.5. The van der Waals surface area contributed by atoms with E-state index in [9.17, 15) is 10.2 Å². The maximum atomic E-state index is 10.3. The molecule has 1 saturated carbocycles. The highest BCUT2D eigenvalue weighted by atomic mass is 31.0. The summed E-state index contributed by atoms with van der Waals surface area (Å²) in [6, 6.07) is 10.4. The first-order valence-corrected chi connectivity index (χ1v) is 9.05. The zero-order chi connectivity index (χ0) is 16.2. The molecule has 1 aromatic rings. The van der Waals surface area contributed by atoms with E-state index in [0.717, 1.165) is 25.7 Å². The maximum Gasteiger partial charge on any atom is 0.155 e. The largest absolute Gasteiger partial charge is 0.393 e. The van der Waals surface area contributed by atoms with Gasteiger partial charge in [0.2, 0.25) is 0 Å². The highest BCUT2D eigenvalue weighted by Gasteiger charge is 2.48. The van der Waals surface area contributed by atoms with Gasteiger partial charge in [0.1, 0.15) is 0 Å². The smallest absolute Gasteiger partial charge is 0.155 e. The number of benzene rings is 1. The summed E-state index contributed by atoms with van der Waals surface area (Å²) < 4.78 is 11.0. The Morgan fingerprint density at radius 3 is 2.70 bits per heavy atom. The third-order valence-corrected chi connectivity index (χ3v) is 5.80. The molecule has 1 heterocycles. The number of fused-ring (bicyclic) bond motifs is 1. The molecule has 23 heavy (non-hydrogen) atoms. The standard InChI is InChI=1S/C18H27O4P/c19-16-11-17-15(10-18(20)21-17)14(16)9-8-13(22-23)7-6-12-4-2-1-3-5-12/h1-5,13-20H,6-11,23H2/t13-,14-,15-,16-,17+,18?/m1/s1. The van der Waals surface area contributed by atoms with Crippen LogP contribution in [0.2, 0.25) is 0 Å². The van der Waals surface area contributed by atoms with Crippen molar-refractivity contribution in [1.29, 1.82) is 0 Å². The quantitative estimate of drug-likeness (QED) is 0.751. The molecule has 1 aromatic carbocycles. The molecule has 3 rings (SSSR count). The number of aliphatic hydroxyl groups excluding tert-OH is 2. The van der Waals surface area contributed by atoms with Crippen LogP contribution in [0.4, 0.5) is 0 Å². The second-order valence-electron chi connectivity index (χ2n) is 6.86. The van der Waals surface area contributed by atoms with Crippen molar-refractivity contribution in [3.8, 4) is 0 Å². The van der Waals surface area contributed by atoms with Gasteiger partial charge in [0, 0.05) is 22.3 Å². The van der Waals surface area contributed by atoms with Gasteiger partial charge in [-0.2, -0.15) is 0 Å². The summed E-state index contributed by atoms with van der Waals surface area (Å²) in [7, 11) is 2.38. The lowest BCUT2D eigenvalue weighted by Crippen LogP contribution is -2.23. The molecular weight excluding hydrogens is 311 g/mol. The number of rotatable bonds is 7. The van der Waals surface area contributed by atoms with E-state index in [2.05, 4.69) is 33.7 Å². The van der Waals surface area contributed by atoms with Gasteiger partial charge in [-0.25, -0.2) is 0 Å². The lowest BCUT2D eigenvalue weighted by atomic mass is 9.86. The van der Waals surface area contributed by atoms with E-state index in [-0.39, 0.29) is 24.2 Å². The minimum atomic E-state index is -0.646.